The molecule has 2 aromatic rings. The highest BCUT2D eigenvalue weighted by molar-refractivity contribution is 5.95. The maximum absolute atomic E-state index is 13.1. The van der Waals surface area contributed by atoms with Crippen molar-refractivity contribution in [2.24, 2.45) is 5.73 Å². The van der Waals surface area contributed by atoms with Crippen LogP contribution in [-0.2, 0) is 15.7 Å². The van der Waals surface area contributed by atoms with Crippen molar-refractivity contribution in [2.45, 2.75) is 30.7 Å². The van der Waals surface area contributed by atoms with E-state index in [4.69, 9.17) is 15.6 Å². The Hall–Kier alpha value is -3.07. The molecule has 0 bridgehead atoms. The minimum absolute atomic E-state index is 0.0478. The van der Waals surface area contributed by atoms with Crippen LogP contribution in [0, 0.1) is 0 Å². The molecule has 1 saturated heterocycles. The summed E-state index contributed by atoms with van der Waals surface area (Å²) in [5, 5.41) is 9.03. The third kappa shape index (κ3) is 3.31. The van der Waals surface area contributed by atoms with E-state index in [1.54, 1.807) is 6.92 Å². The van der Waals surface area contributed by atoms with Gasteiger partial charge in [0.15, 0.2) is 5.54 Å². The van der Waals surface area contributed by atoms with E-state index in [0.717, 1.165) is 12.1 Å². The van der Waals surface area contributed by atoms with Crippen molar-refractivity contribution in [2.75, 3.05) is 12.0 Å². The standard InChI is InChI=1S/C20H19F3N2O4/c1-11-19(18(28)29-2,16(24)12-6-8-13(9-7-12)17(26)27)25(11)15-5-3-4-14(10-15)20(21,22)23/h3-11,16H,24H2,1-2H3,(H,26,27)/t11?,16-,19?,25?/m1/s1. The van der Waals surface area contributed by atoms with E-state index in [1.807, 2.05) is 0 Å². The molecule has 1 fully saturated rings. The van der Waals surface area contributed by atoms with Crippen LogP contribution in [0.1, 0.15) is 34.5 Å². The second-order valence-electron chi connectivity index (χ2n) is 6.82. The van der Waals surface area contributed by atoms with Gasteiger partial charge in [-0.05, 0) is 42.8 Å². The molecule has 0 aliphatic carbocycles. The van der Waals surface area contributed by atoms with Crippen molar-refractivity contribution >= 4 is 17.6 Å². The quantitative estimate of drug-likeness (QED) is 0.583. The zero-order valence-electron chi connectivity index (χ0n) is 15.6. The molecule has 6 nitrogen and oxygen atoms in total. The normalized spacial score (nSPS) is 22.1. The van der Waals surface area contributed by atoms with Gasteiger partial charge in [0, 0.05) is 5.69 Å². The average Bonchev–Trinajstić information content (AvgIpc) is 3.32. The number of methoxy groups -OCH3 is 1. The molecule has 3 atom stereocenters. The molecule has 2 aromatic carbocycles. The van der Waals surface area contributed by atoms with Crippen molar-refractivity contribution in [1.29, 1.82) is 0 Å². The summed E-state index contributed by atoms with van der Waals surface area (Å²) in [7, 11) is 1.18. The fourth-order valence-corrected chi connectivity index (χ4v) is 3.77. The number of benzene rings is 2. The van der Waals surface area contributed by atoms with E-state index in [-0.39, 0.29) is 11.3 Å². The number of halogens is 3. The molecule has 0 saturated carbocycles. The van der Waals surface area contributed by atoms with Crippen LogP contribution in [0.3, 0.4) is 0 Å². The van der Waals surface area contributed by atoms with Gasteiger partial charge in [0.05, 0.1) is 30.3 Å². The number of hydrogen-bond donors (Lipinski definition) is 2. The largest absolute Gasteiger partial charge is 0.478 e. The number of carboxylic acid groups (broad SMARTS) is 1. The molecule has 0 radical (unpaired) electrons. The number of carbonyl (C=O) groups excluding carboxylic acids is 1. The summed E-state index contributed by atoms with van der Waals surface area (Å²) in [5.41, 5.74) is 4.81. The first-order valence-corrected chi connectivity index (χ1v) is 8.69. The molecule has 154 valence electrons. The molecule has 1 aliphatic heterocycles. The number of ether oxygens (including phenoxy) is 1. The van der Waals surface area contributed by atoms with Crippen LogP contribution < -0.4 is 10.6 Å². The van der Waals surface area contributed by atoms with Gasteiger partial charge in [-0.15, -0.1) is 0 Å². The van der Waals surface area contributed by atoms with Gasteiger partial charge in [-0.3, -0.25) is 0 Å². The van der Waals surface area contributed by atoms with E-state index >= 15 is 0 Å². The number of nitrogens with zero attached hydrogens (tertiary/aromatic N) is 1. The number of anilines is 1. The minimum Gasteiger partial charge on any atom is -0.478 e. The fraction of sp³-hybridized carbons (Fsp3) is 0.300. The van der Waals surface area contributed by atoms with E-state index in [2.05, 4.69) is 0 Å². The Labute approximate surface area is 164 Å². The van der Waals surface area contributed by atoms with Crippen LogP contribution in [0.5, 0.6) is 0 Å². The Morgan fingerprint density at radius 3 is 2.34 bits per heavy atom. The Balaban J connectivity index is 2.02. The highest BCUT2D eigenvalue weighted by atomic mass is 19.4. The lowest BCUT2D eigenvalue weighted by atomic mass is 9.89. The van der Waals surface area contributed by atoms with Crippen LogP contribution in [0.4, 0.5) is 18.9 Å². The number of alkyl halides is 3. The summed E-state index contributed by atoms with van der Waals surface area (Å²) in [6.45, 7) is 1.67. The first-order valence-electron chi connectivity index (χ1n) is 8.69. The van der Waals surface area contributed by atoms with Gasteiger partial charge in [-0.25, -0.2) is 9.59 Å². The summed E-state index contributed by atoms with van der Waals surface area (Å²) in [6.07, 6.45) is -4.53. The molecule has 0 spiro atoms. The lowest BCUT2D eigenvalue weighted by Crippen LogP contribution is -2.42. The third-order valence-corrected chi connectivity index (χ3v) is 5.31. The molecule has 0 amide bonds. The Bertz CT molecular complexity index is 945. The predicted molar refractivity (Wildman–Crippen MR) is 98.5 cm³/mol. The maximum atomic E-state index is 13.1. The fourth-order valence-electron chi connectivity index (χ4n) is 3.77. The van der Waals surface area contributed by atoms with Crippen LogP contribution in [0.15, 0.2) is 48.5 Å². The summed E-state index contributed by atoms with van der Waals surface area (Å²) < 4.78 is 44.3. The minimum atomic E-state index is -4.53. The first kappa shape index (κ1) is 20.7. The lowest BCUT2D eigenvalue weighted by Gasteiger charge is -2.24. The van der Waals surface area contributed by atoms with Crippen molar-refractivity contribution < 1.29 is 32.6 Å². The number of esters is 1. The molecular weight excluding hydrogens is 389 g/mol. The van der Waals surface area contributed by atoms with E-state index in [9.17, 15) is 22.8 Å². The molecule has 1 aliphatic rings. The number of aromatic carboxylic acids is 1. The highest BCUT2D eigenvalue weighted by Crippen LogP contribution is 2.53. The van der Waals surface area contributed by atoms with Gasteiger partial charge in [0.1, 0.15) is 0 Å². The molecule has 3 rings (SSSR count). The van der Waals surface area contributed by atoms with Crippen LogP contribution in [0.2, 0.25) is 0 Å². The number of hydrogen-bond acceptors (Lipinski definition) is 5. The molecule has 3 N–H and O–H groups in total. The number of nitrogens with two attached hydrogens (primary N) is 1. The van der Waals surface area contributed by atoms with E-state index < -0.39 is 41.3 Å². The SMILES string of the molecule is COC(=O)C1([C@H](N)c2ccc(C(=O)O)cc2)C(C)N1c1cccc(C(F)(F)F)c1. The molecule has 2 unspecified atom stereocenters. The monoisotopic (exact) mass is 408 g/mol. The van der Waals surface area contributed by atoms with Crippen molar-refractivity contribution in [3.8, 4) is 0 Å². The molecule has 1 heterocycles. The van der Waals surface area contributed by atoms with Crippen LogP contribution in [0.25, 0.3) is 0 Å². The van der Waals surface area contributed by atoms with Crippen molar-refractivity contribution in [3.63, 3.8) is 0 Å². The van der Waals surface area contributed by atoms with Crippen molar-refractivity contribution in [1.82, 2.24) is 0 Å². The molecular formula is C20H19F3N2O4. The Morgan fingerprint density at radius 2 is 1.83 bits per heavy atom. The smallest absolute Gasteiger partial charge is 0.416 e. The van der Waals surface area contributed by atoms with Gasteiger partial charge in [0.2, 0.25) is 0 Å². The second kappa shape index (κ2) is 7.07. The summed E-state index contributed by atoms with van der Waals surface area (Å²) in [5.74, 6) is -1.80. The molecule has 9 heteroatoms. The molecule has 0 aromatic heterocycles. The van der Waals surface area contributed by atoms with Crippen molar-refractivity contribution in [3.05, 3.63) is 65.2 Å². The predicted octanol–water partition coefficient (Wildman–Crippen LogP) is 3.22. The third-order valence-electron chi connectivity index (χ3n) is 5.31. The number of rotatable bonds is 5. The Kier molecular flexibility index (Phi) is 5.04. The van der Waals surface area contributed by atoms with Crippen LogP contribution in [-0.4, -0.2) is 35.7 Å². The molecule has 29 heavy (non-hydrogen) atoms. The van der Waals surface area contributed by atoms with Crippen LogP contribution >= 0.6 is 0 Å². The lowest BCUT2D eigenvalue weighted by molar-refractivity contribution is -0.144. The topological polar surface area (TPSA) is 92.6 Å². The highest BCUT2D eigenvalue weighted by Gasteiger charge is 2.70. The van der Waals surface area contributed by atoms with E-state index in [0.29, 0.717) is 5.56 Å². The Morgan fingerprint density at radius 1 is 1.21 bits per heavy atom. The summed E-state index contributed by atoms with van der Waals surface area (Å²) >= 11 is 0. The first-order chi connectivity index (χ1) is 13.5. The van der Waals surface area contributed by atoms with Gasteiger partial charge in [0.25, 0.3) is 0 Å². The van der Waals surface area contributed by atoms with Gasteiger partial charge >= 0.3 is 18.1 Å². The maximum Gasteiger partial charge on any atom is 0.416 e. The summed E-state index contributed by atoms with van der Waals surface area (Å²) in [4.78, 5) is 25.2. The van der Waals surface area contributed by atoms with Gasteiger partial charge in [-0.1, -0.05) is 18.2 Å². The average molecular weight is 408 g/mol. The van der Waals surface area contributed by atoms with Gasteiger partial charge < -0.3 is 20.5 Å². The zero-order chi connectivity index (χ0) is 21.6. The summed E-state index contributed by atoms with van der Waals surface area (Å²) in [6, 6.07) is 8.81. The van der Waals surface area contributed by atoms with Gasteiger partial charge in [-0.2, -0.15) is 13.2 Å². The second-order valence-corrected chi connectivity index (χ2v) is 6.82. The number of carboxylic acids is 1. The number of carbonyl (C=O) groups is 2. The zero-order valence-corrected chi connectivity index (χ0v) is 15.6. The van der Waals surface area contributed by atoms with E-state index in [1.165, 1.54) is 48.4 Å².